The fourth-order valence-corrected chi connectivity index (χ4v) is 1.02. The molecular formula is C10H12N2O. The van der Waals surface area contributed by atoms with Gasteiger partial charge in [-0.2, -0.15) is 0 Å². The number of aryl methyl sites for hydroxylation is 1. The summed E-state index contributed by atoms with van der Waals surface area (Å²) in [5, 5.41) is 0. The van der Waals surface area contributed by atoms with Gasteiger partial charge in [0, 0.05) is 11.8 Å². The van der Waals surface area contributed by atoms with Crippen LogP contribution in [0.5, 0.6) is 0 Å². The van der Waals surface area contributed by atoms with Gasteiger partial charge in [-0.3, -0.25) is 4.79 Å². The van der Waals surface area contributed by atoms with Crippen LogP contribution in [-0.4, -0.2) is 5.91 Å². The van der Waals surface area contributed by atoms with E-state index in [4.69, 9.17) is 11.5 Å². The summed E-state index contributed by atoms with van der Waals surface area (Å²) >= 11 is 0. The Kier molecular flexibility index (Phi) is 2.69. The van der Waals surface area contributed by atoms with Crippen molar-refractivity contribution >= 4 is 17.7 Å². The van der Waals surface area contributed by atoms with E-state index in [1.807, 2.05) is 25.1 Å². The highest BCUT2D eigenvalue weighted by Crippen LogP contribution is 2.17. The van der Waals surface area contributed by atoms with Gasteiger partial charge in [-0.1, -0.05) is 18.2 Å². The topological polar surface area (TPSA) is 69.1 Å². The molecule has 0 radical (unpaired) electrons. The molecule has 0 heterocycles. The van der Waals surface area contributed by atoms with Gasteiger partial charge in [-0.25, -0.2) is 0 Å². The van der Waals surface area contributed by atoms with Crippen molar-refractivity contribution in [3.8, 4) is 0 Å². The number of carbonyl (C=O) groups is 1. The monoisotopic (exact) mass is 176 g/mol. The van der Waals surface area contributed by atoms with Crippen LogP contribution in [0.15, 0.2) is 24.3 Å². The summed E-state index contributed by atoms with van der Waals surface area (Å²) in [5.74, 6) is -0.471. The molecule has 68 valence electrons. The number of rotatable bonds is 2. The first-order chi connectivity index (χ1) is 6.11. The van der Waals surface area contributed by atoms with Gasteiger partial charge in [0.1, 0.15) is 0 Å². The Balaban J connectivity index is 3.02. The van der Waals surface area contributed by atoms with Crippen molar-refractivity contribution in [1.82, 2.24) is 0 Å². The summed E-state index contributed by atoms with van der Waals surface area (Å²) in [6.45, 7) is 1.91. The minimum atomic E-state index is -0.471. The maximum Gasteiger partial charge on any atom is 0.241 e. The van der Waals surface area contributed by atoms with E-state index in [-0.39, 0.29) is 0 Å². The van der Waals surface area contributed by atoms with Gasteiger partial charge in [0.2, 0.25) is 5.91 Å². The van der Waals surface area contributed by atoms with Crippen LogP contribution in [0.1, 0.15) is 11.1 Å². The highest BCUT2D eigenvalue weighted by molar-refractivity contribution is 5.91. The molecule has 3 nitrogen and oxygen atoms in total. The molecule has 0 bridgehead atoms. The Morgan fingerprint density at radius 1 is 1.46 bits per heavy atom. The molecule has 1 rings (SSSR count). The molecule has 4 N–H and O–H groups in total. The molecule has 1 aromatic carbocycles. The van der Waals surface area contributed by atoms with Gasteiger partial charge in [-0.05, 0) is 24.1 Å². The van der Waals surface area contributed by atoms with Gasteiger partial charge in [0.15, 0.2) is 0 Å². The van der Waals surface area contributed by atoms with Crippen LogP contribution in [0.25, 0.3) is 6.08 Å². The first kappa shape index (κ1) is 9.32. The summed E-state index contributed by atoms with van der Waals surface area (Å²) in [5.41, 5.74) is 13.2. The summed E-state index contributed by atoms with van der Waals surface area (Å²) in [6, 6.07) is 5.63. The Hall–Kier alpha value is -1.77. The number of amides is 1. The molecule has 0 unspecified atom stereocenters. The van der Waals surface area contributed by atoms with E-state index >= 15 is 0 Å². The Morgan fingerprint density at radius 3 is 2.77 bits per heavy atom. The van der Waals surface area contributed by atoms with Crippen LogP contribution in [0.4, 0.5) is 5.69 Å². The van der Waals surface area contributed by atoms with E-state index < -0.39 is 5.91 Å². The van der Waals surface area contributed by atoms with Crippen molar-refractivity contribution in [3.63, 3.8) is 0 Å². The molecular weight excluding hydrogens is 164 g/mol. The van der Waals surface area contributed by atoms with Crippen molar-refractivity contribution in [3.05, 3.63) is 35.4 Å². The molecule has 0 saturated carbocycles. The zero-order valence-electron chi connectivity index (χ0n) is 7.45. The average molecular weight is 176 g/mol. The molecule has 0 aliphatic rings. The van der Waals surface area contributed by atoms with Crippen molar-refractivity contribution in [1.29, 1.82) is 0 Å². The molecule has 1 aromatic rings. The number of carbonyl (C=O) groups excluding carboxylic acids is 1. The third kappa shape index (κ3) is 2.33. The lowest BCUT2D eigenvalue weighted by Crippen LogP contribution is -2.05. The van der Waals surface area contributed by atoms with E-state index in [9.17, 15) is 4.79 Å². The lowest BCUT2D eigenvalue weighted by molar-refractivity contribution is -0.113. The normalized spacial score (nSPS) is 10.5. The molecule has 0 fully saturated rings. The van der Waals surface area contributed by atoms with Crippen molar-refractivity contribution in [2.45, 2.75) is 6.92 Å². The van der Waals surface area contributed by atoms with Crippen molar-refractivity contribution < 1.29 is 4.79 Å². The highest BCUT2D eigenvalue weighted by Gasteiger charge is 1.97. The Bertz CT molecular complexity index is 356. The third-order valence-electron chi connectivity index (χ3n) is 1.79. The summed E-state index contributed by atoms with van der Waals surface area (Å²) in [6.07, 6.45) is 2.91. The lowest BCUT2D eigenvalue weighted by atomic mass is 10.1. The van der Waals surface area contributed by atoms with Crippen LogP contribution in [0.3, 0.4) is 0 Å². The predicted octanol–water partition coefficient (Wildman–Crippen LogP) is 1.08. The number of anilines is 1. The van der Waals surface area contributed by atoms with Crippen LogP contribution >= 0.6 is 0 Å². The van der Waals surface area contributed by atoms with Crippen LogP contribution < -0.4 is 11.5 Å². The minimum Gasteiger partial charge on any atom is -0.398 e. The van der Waals surface area contributed by atoms with Crippen LogP contribution in [0, 0.1) is 6.92 Å². The van der Waals surface area contributed by atoms with Gasteiger partial charge in [-0.15, -0.1) is 0 Å². The fraction of sp³-hybridized carbons (Fsp3) is 0.100. The second-order valence-electron chi connectivity index (χ2n) is 2.81. The first-order valence-electron chi connectivity index (χ1n) is 3.94. The van der Waals surface area contributed by atoms with E-state index in [2.05, 4.69) is 0 Å². The molecule has 1 amide bonds. The van der Waals surface area contributed by atoms with Crippen LogP contribution in [0.2, 0.25) is 0 Å². The number of nitrogens with two attached hydrogens (primary N) is 2. The van der Waals surface area contributed by atoms with Crippen molar-refractivity contribution in [2.24, 2.45) is 5.73 Å². The maximum absolute atomic E-state index is 10.5. The van der Waals surface area contributed by atoms with E-state index in [0.29, 0.717) is 5.69 Å². The third-order valence-corrected chi connectivity index (χ3v) is 1.79. The molecule has 0 aliphatic heterocycles. The second-order valence-corrected chi connectivity index (χ2v) is 2.81. The quantitative estimate of drug-likeness (QED) is 0.523. The largest absolute Gasteiger partial charge is 0.398 e. The molecule has 13 heavy (non-hydrogen) atoms. The Morgan fingerprint density at radius 2 is 2.15 bits per heavy atom. The number of nitrogen functional groups attached to an aromatic ring is 1. The summed E-state index contributed by atoms with van der Waals surface area (Å²) in [7, 11) is 0. The zero-order valence-corrected chi connectivity index (χ0v) is 7.45. The van der Waals surface area contributed by atoms with Gasteiger partial charge < -0.3 is 11.5 Å². The Labute approximate surface area is 77.0 Å². The molecule has 0 atom stereocenters. The van der Waals surface area contributed by atoms with E-state index in [0.717, 1.165) is 11.1 Å². The smallest absolute Gasteiger partial charge is 0.241 e. The highest BCUT2D eigenvalue weighted by atomic mass is 16.1. The number of hydrogen-bond donors (Lipinski definition) is 2. The molecule has 0 spiro atoms. The number of benzene rings is 1. The minimum absolute atomic E-state index is 0.471. The number of primary amides is 1. The average Bonchev–Trinajstić information content (AvgIpc) is 2.07. The summed E-state index contributed by atoms with van der Waals surface area (Å²) < 4.78 is 0. The number of para-hydroxylation sites is 1. The SMILES string of the molecule is Cc1cccc(C=CC(N)=O)c1N. The molecule has 0 aromatic heterocycles. The van der Waals surface area contributed by atoms with Crippen LogP contribution in [-0.2, 0) is 4.79 Å². The first-order valence-corrected chi connectivity index (χ1v) is 3.94. The fourth-order valence-electron chi connectivity index (χ4n) is 1.02. The maximum atomic E-state index is 10.5. The standard InChI is InChI=1S/C10H12N2O/c1-7-3-2-4-8(10(7)12)5-6-9(11)13/h2-6H,12H2,1H3,(H2,11,13). The summed E-state index contributed by atoms with van der Waals surface area (Å²) in [4.78, 5) is 10.5. The molecule has 0 saturated heterocycles. The van der Waals surface area contributed by atoms with Gasteiger partial charge in [0.05, 0.1) is 0 Å². The van der Waals surface area contributed by atoms with Crippen molar-refractivity contribution in [2.75, 3.05) is 5.73 Å². The van der Waals surface area contributed by atoms with E-state index in [1.54, 1.807) is 6.08 Å². The lowest BCUT2D eigenvalue weighted by Gasteiger charge is -2.02. The zero-order chi connectivity index (χ0) is 9.84. The second kappa shape index (κ2) is 3.76. The molecule has 3 heteroatoms. The van der Waals surface area contributed by atoms with E-state index in [1.165, 1.54) is 6.08 Å². The van der Waals surface area contributed by atoms with Gasteiger partial charge in [0.25, 0.3) is 0 Å². The van der Waals surface area contributed by atoms with Gasteiger partial charge >= 0.3 is 0 Å². The predicted molar refractivity (Wildman–Crippen MR) is 53.8 cm³/mol. The molecule has 0 aliphatic carbocycles. The number of hydrogen-bond acceptors (Lipinski definition) is 2.